The minimum Gasteiger partial charge on any atom is -0.381 e. The van der Waals surface area contributed by atoms with Gasteiger partial charge < -0.3 is 14.2 Å². The van der Waals surface area contributed by atoms with E-state index in [1.807, 2.05) is 24.0 Å². The molecule has 4 rings (SSSR count). The zero-order valence-corrected chi connectivity index (χ0v) is 16.0. The van der Waals surface area contributed by atoms with Crippen LogP contribution in [-0.2, 0) is 11.2 Å². The molecule has 2 aliphatic heterocycles. The number of likely N-dealkylation sites (tertiary alicyclic amines) is 1. The van der Waals surface area contributed by atoms with Crippen LogP contribution in [0.1, 0.15) is 57.9 Å². The van der Waals surface area contributed by atoms with E-state index in [0.29, 0.717) is 11.8 Å². The van der Waals surface area contributed by atoms with Crippen molar-refractivity contribution < 1.29 is 14.1 Å². The van der Waals surface area contributed by atoms with Crippen molar-refractivity contribution in [2.24, 2.45) is 5.92 Å². The van der Waals surface area contributed by atoms with Crippen molar-refractivity contribution in [1.82, 2.24) is 15.0 Å². The highest BCUT2D eigenvalue weighted by Gasteiger charge is 2.28. The first-order valence-electron chi connectivity index (χ1n) is 9.45. The first kappa shape index (κ1) is 17.7. The molecule has 0 saturated carbocycles. The smallest absolute Gasteiger partial charge is 0.263 e. The zero-order chi connectivity index (χ0) is 17.9. The Hall–Kier alpha value is -1.73. The van der Waals surface area contributed by atoms with Gasteiger partial charge in [0, 0.05) is 43.5 Å². The lowest BCUT2D eigenvalue weighted by molar-refractivity contribution is 0.0778. The number of aryl methyl sites for hydroxylation is 2. The minimum atomic E-state index is 0.173. The van der Waals surface area contributed by atoms with Gasteiger partial charge in [-0.1, -0.05) is 5.16 Å². The van der Waals surface area contributed by atoms with E-state index in [1.54, 1.807) is 11.3 Å². The topological polar surface area (TPSA) is 68.5 Å². The average molecular weight is 375 g/mol. The maximum Gasteiger partial charge on any atom is 0.263 e. The summed E-state index contributed by atoms with van der Waals surface area (Å²) in [6, 6.07) is 3.95. The number of hydrogen-bond donors (Lipinski definition) is 0. The molecule has 1 unspecified atom stereocenters. The van der Waals surface area contributed by atoms with Gasteiger partial charge in [0.25, 0.3) is 5.91 Å². The highest BCUT2D eigenvalue weighted by Crippen LogP contribution is 2.27. The molecular formula is C19H25N3O3S. The van der Waals surface area contributed by atoms with E-state index in [-0.39, 0.29) is 5.91 Å². The van der Waals surface area contributed by atoms with E-state index in [2.05, 4.69) is 10.1 Å². The lowest BCUT2D eigenvalue weighted by Crippen LogP contribution is -2.28. The van der Waals surface area contributed by atoms with Gasteiger partial charge in [0.05, 0.1) is 4.88 Å². The number of rotatable bonds is 5. The molecule has 2 saturated heterocycles. The highest BCUT2D eigenvalue weighted by atomic mass is 32.1. The highest BCUT2D eigenvalue weighted by molar-refractivity contribution is 7.13. The van der Waals surface area contributed by atoms with Gasteiger partial charge >= 0.3 is 0 Å². The second kappa shape index (κ2) is 7.88. The summed E-state index contributed by atoms with van der Waals surface area (Å²) in [4.78, 5) is 21.1. The number of nitrogens with zero attached hydrogens (tertiary/aromatic N) is 3. The van der Waals surface area contributed by atoms with Crippen LogP contribution in [0, 0.1) is 12.8 Å². The Labute approximate surface area is 157 Å². The van der Waals surface area contributed by atoms with E-state index in [4.69, 9.17) is 9.26 Å². The zero-order valence-electron chi connectivity index (χ0n) is 15.1. The Morgan fingerprint density at radius 2 is 2.15 bits per heavy atom. The maximum atomic E-state index is 12.5. The maximum absolute atomic E-state index is 12.5. The number of amides is 1. The van der Waals surface area contributed by atoms with Gasteiger partial charge in [0.2, 0.25) is 5.89 Å². The second-order valence-corrected chi connectivity index (χ2v) is 8.58. The molecule has 7 heteroatoms. The fourth-order valence-corrected chi connectivity index (χ4v) is 4.61. The average Bonchev–Trinajstić information content (AvgIpc) is 3.41. The van der Waals surface area contributed by atoms with E-state index < -0.39 is 0 Å². The van der Waals surface area contributed by atoms with Crippen LogP contribution in [0.2, 0.25) is 0 Å². The summed E-state index contributed by atoms with van der Waals surface area (Å²) in [6.45, 7) is 5.27. The summed E-state index contributed by atoms with van der Waals surface area (Å²) >= 11 is 1.58. The van der Waals surface area contributed by atoms with E-state index >= 15 is 0 Å². The van der Waals surface area contributed by atoms with Crippen molar-refractivity contribution in [3.8, 4) is 0 Å². The van der Waals surface area contributed by atoms with Gasteiger partial charge in [0.1, 0.15) is 0 Å². The fraction of sp³-hybridized carbons (Fsp3) is 0.632. The molecule has 4 heterocycles. The fourth-order valence-electron chi connectivity index (χ4n) is 3.77. The Bertz CT molecular complexity index is 751. The molecule has 26 heavy (non-hydrogen) atoms. The van der Waals surface area contributed by atoms with Gasteiger partial charge in [-0.2, -0.15) is 4.98 Å². The van der Waals surface area contributed by atoms with E-state index in [0.717, 1.165) is 75.0 Å². The molecule has 1 amide bonds. The Balaban J connectivity index is 1.27. The predicted molar refractivity (Wildman–Crippen MR) is 98.5 cm³/mol. The summed E-state index contributed by atoms with van der Waals surface area (Å²) in [7, 11) is 0. The van der Waals surface area contributed by atoms with Crippen molar-refractivity contribution in [3.05, 3.63) is 33.6 Å². The molecular weight excluding hydrogens is 350 g/mol. The third kappa shape index (κ3) is 3.99. The number of hydrogen-bond acceptors (Lipinski definition) is 6. The first-order valence-corrected chi connectivity index (χ1v) is 10.3. The molecule has 2 aliphatic rings. The number of ether oxygens (including phenoxy) is 1. The molecule has 0 aromatic carbocycles. The molecule has 2 aromatic heterocycles. The third-order valence-corrected chi connectivity index (χ3v) is 6.34. The van der Waals surface area contributed by atoms with Crippen molar-refractivity contribution in [3.63, 3.8) is 0 Å². The molecule has 2 fully saturated rings. The predicted octanol–water partition coefficient (Wildman–Crippen LogP) is 3.43. The molecule has 0 spiro atoms. The van der Waals surface area contributed by atoms with Crippen molar-refractivity contribution >= 4 is 17.2 Å². The summed E-state index contributed by atoms with van der Waals surface area (Å²) in [5.41, 5.74) is 0. The summed E-state index contributed by atoms with van der Waals surface area (Å²) in [5.74, 6) is 2.60. The lowest BCUT2D eigenvalue weighted by Gasteiger charge is -2.17. The number of carbonyl (C=O) groups excluding carboxylic acids is 1. The molecule has 140 valence electrons. The first-order chi connectivity index (χ1) is 12.7. The van der Waals surface area contributed by atoms with E-state index in [1.165, 1.54) is 4.88 Å². The van der Waals surface area contributed by atoms with Crippen LogP contribution in [0.15, 0.2) is 16.7 Å². The summed E-state index contributed by atoms with van der Waals surface area (Å²) in [5, 5.41) is 4.15. The molecule has 0 aliphatic carbocycles. The van der Waals surface area contributed by atoms with Gasteiger partial charge in [-0.25, -0.2) is 0 Å². The van der Waals surface area contributed by atoms with Crippen molar-refractivity contribution in [2.75, 3.05) is 26.3 Å². The second-order valence-electron chi connectivity index (χ2n) is 7.29. The minimum absolute atomic E-state index is 0.173. The molecule has 0 N–H and O–H groups in total. The van der Waals surface area contributed by atoms with Gasteiger partial charge in [-0.15, -0.1) is 11.3 Å². The van der Waals surface area contributed by atoms with Crippen LogP contribution in [-0.4, -0.2) is 47.3 Å². The third-order valence-electron chi connectivity index (χ3n) is 5.35. The van der Waals surface area contributed by atoms with Crippen LogP contribution >= 0.6 is 11.3 Å². The summed E-state index contributed by atoms with van der Waals surface area (Å²) < 4.78 is 10.8. The van der Waals surface area contributed by atoms with Crippen molar-refractivity contribution in [2.45, 2.75) is 44.9 Å². The number of carbonyl (C=O) groups is 1. The van der Waals surface area contributed by atoms with Gasteiger partial charge in [-0.3, -0.25) is 4.79 Å². The quantitative estimate of drug-likeness (QED) is 0.801. The number of thiophene rings is 1. The van der Waals surface area contributed by atoms with Crippen molar-refractivity contribution in [1.29, 1.82) is 0 Å². The van der Waals surface area contributed by atoms with Gasteiger partial charge in [-0.05, 0) is 50.7 Å². The van der Waals surface area contributed by atoms with Gasteiger partial charge in [0.15, 0.2) is 5.82 Å². The Morgan fingerprint density at radius 3 is 2.92 bits per heavy atom. The molecule has 0 radical (unpaired) electrons. The van der Waals surface area contributed by atoms with Crippen LogP contribution in [0.5, 0.6) is 0 Å². The van der Waals surface area contributed by atoms with Crippen LogP contribution < -0.4 is 0 Å². The van der Waals surface area contributed by atoms with Crippen LogP contribution in [0.3, 0.4) is 0 Å². The van der Waals surface area contributed by atoms with Crippen LogP contribution in [0.25, 0.3) is 0 Å². The SMILES string of the molecule is Cc1ccc(C(=O)N2CCC(CCc3noc(C4CCOCC4)n3)C2)s1. The normalized spacial score (nSPS) is 21.4. The summed E-state index contributed by atoms with van der Waals surface area (Å²) in [6.07, 6.45) is 4.80. The number of aromatic nitrogens is 2. The molecule has 1 atom stereocenters. The lowest BCUT2D eigenvalue weighted by atomic mass is 10.0. The largest absolute Gasteiger partial charge is 0.381 e. The Morgan fingerprint density at radius 1 is 1.31 bits per heavy atom. The van der Waals surface area contributed by atoms with E-state index in [9.17, 15) is 4.79 Å². The van der Waals surface area contributed by atoms with Crippen LogP contribution in [0.4, 0.5) is 0 Å². The monoisotopic (exact) mass is 375 g/mol. The molecule has 6 nitrogen and oxygen atoms in total. The molecule has 0 bridgehead atoms. The standard InChI is InChI=1S/C19H25N3O3S/c1-13-2-4-16(26-13)19(23)22-9-6-14(12-22)3-5-17-20-18(25-21-17)15-7-10-24-11-8-15/h2,4,14-15H,3,5-12H2,1H3. The molecule has 2 aromatic rings. The Kier molecular flexibility index (Phi) is 5.36.